The van der Waals surface area contributed by atoms with Gasteiger partial charge in [0.05, 0.1) is 0 Å². The first-order chi connectivity index (χ1) is 11.6. The number of hydrogen-bond donors (Lipinski definition) is 1. The van der Waals surface area contributed by atoms with E-state index in [9.17, 15) is 9.90 Å². The van der Waals surface area contributed by atoms with Crippen LogP contribution in [0, 0.1) is 11.8 Å². The molecule has 1 N–H and O–H groups in total. The Morgan fingerprint density at radius 2 is 2.00 bits per heavy atom. The van der Waals surface area contributed by atoms with E-state index in [2.05, 4.69) is 16.8 Å². The normalized spacial score (nSPS) is 16.2. The van der Waals surface area contributed by atoms with Crippen LogP contribution in [0.4, 0.5) is 0 Å². The van der Waals surface area contributed by atoms with Gasteiger partial charge in [0, 0.05) is 42.7 Å². The van der Waals surface area contributed by atoms with Gasteiger partial charge in [0.25, 0.3) is 5.91 Å². The summed E-state index contributed by atoms with van der Waals surface area (Å²) in [5.41, 5.74) is 0.110. The number of aromatic nitrogens is 1. The van der Waals surface area contributed by atoms with Crippen LogP contribution in [0.5, 0.6) is 0 Å². The van der Waals surface area contributed by atoms with Crippen molar-refractivity contribution in [2.24, 2.45) is 0 Å². The molecule has 0 spiro atoms. The molecule has 2 aromatic rings. The molecule has 1 fully saturated rings. The number of carbonyl (C=O) groups is 1. The highest BCUT2D eigenvalue weighted by molar-refractivity contribution is 6.30. The Morgan fingerprint density at radius 3 is 2.67 bits per heavy atom. The number of likely N-dealkylation sites (tertiary alicyclic amines) is 1. The minimum atomic E-state index is -1.08. The molecule has 0 bridgehead atoms. The summed E-state index contributed by atoms with van der Waals surface area (Å²) in [4.78, 5) is 18.1. The molecule has 2 heterocycles. The highest BCUT2D eigenvalue weighted by Gasteiger charge is 2.32. The molecule has 24 heavy (non-hydrogen) atoms. The molecule has 4 nitrogen and oxygen atoms in total. The summed E-state index contributed by atoms with van der Waals surface area (Å²) in [5, 5.41) is 11.2. The van der Waals surface area contributed by atoms with Crippen LogP contribution in [-0.4, -0.2) is 39.6 Å². The molecule has 1 aromatic carbocycles. The molecule has 1 aliphatic heterocycles. The van der Waals surface area contributed by atoms with Crippen LogP contribution in [0.2, 0.25) is 5.02 Å². The maximum Gasteiger partial charge on any atom is 0.272 e. The number of piperidine rings is 1. The van der Waals surface area contributed by atoms with Gasteiger partial charge in [-0.25, -0.2) is 0 Å². The molecule has 0 radical (unpaired) electrons. The van der Waals surface area contributed by atoms with E-state index in [1.165, 1.54) is 0 Å². The first kappa shape index (κ1) is 16.5. The first-order valence-electron chi connectivity index (χ1n) is 7.77. The smallest absolute Gasteiger partial charge is 0.272 e. The zero-order valence-corrected chi connectivity index (χ0v) is 13.8. The first-order valence-corrected chi connectivity index (χ1v) is 8.15. The van der Waals surface area contributed by atoms with Crippen molar-refractivity contribution in [3.05, 3.63) is 64.9 Å². The largest absolute Gasteiger partial charge is 0.377 e. The van der Waals surface area contributed by atoms with Gasteiger partial charge in [0.15, 0.2) is 0 Å². The minimum Gasteiger partial charge on any atom is -0.377 e. The summed E-state index contributed by atoms with van der Waals surface area (Å²) < 4.78 is 0. The van der Waals surface area contributed by atoms with Gasteiger partial charge in [0.1, 0.15) is 11.3 Å². The van der Waals surface area contributed by atoms with Gasteiger partial charge < -0.3 is 10.0 Å². The number of nitrogens with zero attached hydrogens (tertiary/aromatic N) is 2. The van der Waals surface area contributed by atoms with Crippen LogP contribution in [0.25, 0.3) is 0 Å². The van der Waals surface area contributed by atoms with E-state index >= 15 is 0 Å². The Kier molecular flexibility index (Phi) is 4.84. The van der Waals surface area contributed by atoms with Gasteiger partial charge in [-0.05, 0) is 30.3 Å². The molecular formula is C19H17ClN2O2. The van der Waals surface area contributed by atoms with Crippen molar-refractivity contribution < 1.29 is 9.90 Å². The summed E-state index contributed by atoms with van der Waals surface area (Å²) in [5.74, 6) is 5.79. The lowest BCUT2D eigenvalue weighted by atomic mass is 9.91. The standard InChI is InChI=1S/C19H17ClN2O2/c20-16-5-3-4-15(14-16)7-8-19(24)9-12-22(13-10-19)18(23)17-6-1-2-11-21-17/h1-6,11,14,24H,9-10,12-13H2. The SMILES string of the molecule is O=C(c1ccccn1)N1CCC(O)(C#Cc2cccc(Cl)c2)CC1. The van der Waals surface area contributed by atoms with Crippen molar-refractivity contribution >= 4 is 17.5 Å². The lowest BCUT2D eigenvalue weighted by Gasteiger charge is -2.34. The van der Waals surface area contributed by atoms with E-state index < -0.39 is 5.60 Å². The average Bonchev–Trinajstić information content (AvgIpc) is 2.61. The van der Waals surface area contributed by atoms with Gasteiger partial charge in [-0.15, -0.1) is 0 Å². The van der Waals surface area contributed by atoms with Gasteiger partial charge >= 0.3 is 0 Å². The number of pyridine rings is 1. The summed E-state index contributed by atoms with van der Waals surface area (Å²) in [6, 6.07) is 12.5. The van der Waals surface area contributed by atoms with Crippen molar-refractivity contribution in [3.8, 4) is 11.8 Å². The van der Waals surface area contributed by atoms with Crippen LogP contribution in [0.3, 0.4) is 0 Å². The van der Waals surface area contributed by atoms with Crippen LogP contribution in [0.1, 0.15) is 28.9 Å². The van der Waals surface area contributed by atoms with Crippen molar-refractivity contribution in [1.82, 2.24) is 9.88 Å². The number of hydrogen-bond acceptors (Lipinski definition) is 3. The Balaban J connectivity index is 1.65. The highest BCUT2D eigenvalue weighted by Crippen LogP contribution is 2.23. The number of halogens is 1. The van der Waals surface area contributed by atoms with E-state index in [1.807, 2.05) is 12.1 Å². The zero-order chi connectivity index (χ0) is 17.0. The monoisotopic (exact) mass is 340 g/mol. The summed E-state index contributed by atoms with van der Waals surface area (Å²) in [6.07, 6.45) is 2.43. The second kappa shape index (κ2) is 7.04. The fourth-order valence-corrected chi connectivity index (χ4v) is 2.80. The van der Waals surface area contributed by atoms with Crippen molar-refractivity contribution in [3.63, 3.8) is 0 Å². The fraction of sp³-hybridized carbons (Fsp3) is 0.263. The fourth-order valence-electron chi connectivity index (χ4n) is 2.61. The molecule has 1 saturated heterocycles. The molecule has 5 heteroatoms. The molecule has 0 aliphatic carbocycles. The number of rotatable bonds is 1. The highest BCUT2D eigenvalue weighted by atomic mass is 35.5. The molecule has 0 saturated carbocycles. The second-order valence-corrected chi connectivity index (χ2v) is 6.24. The molecular weight excluding hydrogens is 324 g/mol. The quantitative estimate of drug-likeness (QED) is 0.812. The summed E-state index contributed by atoms with van der Waals surface area (Å²) >= 11 is 5.93. The molecule has 1 amide bonds. The number of amides is 1. The number of carbonyl (C=O) groups excluding carboxylic acids is 1. The maximum absolute atomic E-state index is 12.4. The van der Waals surface area contributed by atoms with E-state index in [4.69, 9.17) is 11.6 Å². The van der Waals surface area contributed by atoms with Gasteiger partial charge in [0.2, 0.25) is 0 Å². The molecule has 1 aliphatic rings. The van der Waals surface area contributed by atoms with E-state index in [0.29, 0.717) is 36.6 Å². The van der Waals surface area contributed by atoms with Crippen LogP contribution in [0.15, 0.2) is 48.7 Å². The Morgan fingerprint density at radius 1 is 1.21 bits per heavy atom. The molecule has 122 valence electrons. The third-order valence-corrected chi connectivity index (χ3v) is 4.26. The molecule has 0 atom stereocenters. The lowest BCUT2D eigenvalue weighted by molar-refractivity contribution is 0.0246. The Hall–Kier alpha value is -2.35. The topological polar surface area (TPSA) is 53.4 Å². The second-order valence-electron chi connectivity index (χ2n) is 5.80. The predicted octanol–water partition coefficient (Wildman–Crippen LogP) is 2.75. The van der Waals surface area contributed by atoms with Crippen LogP contribution >= 0.6 is 11.6 Å². The number of benzene rings is 1. The zero-order valence-electron chi connectivity index (χ0n) is 13.1. The maximum atomic E-state index is 12.4. The van der Waals surface area contributed by atoms with Gasteiger partial charge in [-0.1, -0.05) is 35.6 Å². The van der Waals surface area contributed by atoms with Crippen molar-refractivity contribution in [1.29, 1.82) is 0 Å². The number of aliphatic hydroxyl groups is 1. The summed E-state index contributed by atoms with van der Waals surface area (Å²) in [6.45, 7) is 0.909. The lowest BCUT2D eigenvalue weighted by Crippen LogP contribution is -2.46. The van der Waals surface area contributed by atoms with E-state index in [0.717, 1.165) is 5.56 Å². The van der Waals surface area contributed by atoms with E-state index in [-0.39, 0.29) is 5.91 Å². The minimum absolute atomic E-state index is 0.111. The molecule has 0 unspecified atom stereocenters. The average molecular weight is 341 g/mol. The third-order valence-electron chi connectivity index (χ3n) is 4.03. The molecule has 3 rings (SSSR count). The van der Waals surface area contributed by atoms with Crippen LogP contribution in [-0.2, 0) is 0 Å². The Labute approximate surface area is 146 Å². The van der Waals surface area contributed by atoms with Gasteiger partial charge in [-0.2, -0.15) is 0 Å². The predicted molar refractivity (Wildman–Crippen MR) is 92.7 cm³/mol. The Bertz CT molecular complexity index is 788. The summed E-state index contributed by atoms with van der Waals surface area (Å²) in [7, 11) is 0. The van der Waals surface area contributed by atoms with E-state index in [1.54, 1.807) is 41.4 Å². The molecule has 1 aromatic heterocycles. The van der Waals surface area contributed by atoms with Crippen molar-refractivity contribution in [2.75, 3.05) is 13.1 Å². The third kappa shape index (κ3) is 3.94. The van der Waals surface area contributed by atoms with Crippen molar-refractivity contribution in [2.45, 2.75) is 18.4 Å². The van der Waals surface area contributed by atoms with Gasteiger partial charge in [-0.3, -0.25) is 9.78 Å². The van der Waals surface area contributed by atoms with Crippen LogP contribution < -0.4 is 0 Å².